The first kappa shape index (κ1) is 17.5. The number of nitrogens with zero attached hydrogens (tertiary/aromatic N) is 1. The molecule has 0 N–H and O–H groups in total. The Labute approximate surface area is 138 Å². The fourth-order valence-electron chi connectivity index (χ4n) is 2.99. The van der Waals surface area contributed by atoms with Crippen LogP contribution in [0, 0.1) is 12.3 Å². The summed E-state index contributed by atoms with van der Waals surface area (Å²) in [5, 5.41) is 0. The van der Waals surface area contributed by atoms with Crippen LogP contribution in [0.3, 0.4) is 0 Å². The largest absolute Gasteiger partial charge is 0.295 e. The number of halogens is 1. The Morgan fingerprint density at radius 2 is 1.60 bits per heavy atom. The second-order valence-electron chi connectivity index (χ2n) is 5.66. The van der Waals surface area contributed by atoms with Crippen molar-refractivity contribution in [2.24, 2.45) is 0 Å². The van der Waals surface area contributed by atoms with Gasteiger partial charge in [0.1, 0.15) is 6.54 Å². The van der Waals surface area contributed by atoms with E-state index in [1.807, 2.05) is 0 Å². The maximum absolute atomic E-state index is 5.82. The molecule has 1 aromatic rings. The lowest BCUT2D eigenvalue weighted by Crippen LogP contribution is -2.62. The number of hydrogen-bond acceptors (Lipinski definition) is 0. The van der Waals surface area contributed by atoms with Crippen LogP contribution in [0.15, 0.2) is 30.3 Å². The number of alkyl halides is 1. The van der Waals surface area contributed by atoms with Crippen molar-refractivity contribution in [2.75, 3.05) is 0 Å². The highest BCUT2D eigenvalue weighted by Gasteiger charge is 2.42. The molecule has 0 saturated carbocycles. The summed E-state index contributed by atoms with van der Waals surface area (Å²) in [6.07, 6.45) is 8.13. The third-order valence-electron chi connectivity index (χ3n) is 4.68. The van der Waals surface area contributed by atoms with Crippen LogP contribution in [0.25, 0.3) is 0 Å². The van der Waals surface area contributed by atoms with Gasteiger partial charge in [0.15, 0.2) is 0 Å². The van der Waals surface area contributed by atoms with Crippen molar-refractivity contribution in [3.05, 3.63) is 35.9 Å². The second-order valence-corrected chi connectivity index (χ2v) is 6.84. The Kier molecular flexibility index (Phi) is 7.05. The van der Waals surface area contributed by atoms with Gasteiger partial charge < -0.3 is 0 Å². The lowest BCUT2D eigenvalue weighted by molar-refractivity contribution is -0.981. The SMILES string of the molecule is C#CC(I)[N+](Cc1ccccc1)(C(C)CC)C(C)CC. The molecule has 0 amide bonds. The number of benzene rings is 1. The quantitative estimate of drug-likeness (QED) is 0.204. The Balaban J connectivity index is 3.26. The first-order chi connectivity index (χ1) is 9.52. The third-order valence-corrected chi connectivity index (χ3v) is 6.08. The average Bonchev–Trinajstić information content (AvgIpc) is 2.51. The molecule has 0 aliphatic rings. The summed E-state index contributed by atoms with van der Waals surface area (Å²) < 4.78 is 1.19. The zero-order valence-electron chi connectivity index (χ0n) is 13.1. The summed E-state index contributed by atoms with van der Waals surface area (Å²) >= 11 is 2.46. The molecule has 20 heavy (non-hydrogen) atoms. The summed E-state index contributed by atoms with van der Waals surface area (Å²) in [6.45, 7) is 10.2. The molecule has 0 fully saturated rings. The van der Waals surface area contributed by atoms with Gasteiger partial charge in [-0.3, -0.25) is 4.48 Å². The van der Waals surface area contributed by atoms with Gasteiger partial charge in [-0.15, -0.1) is 6.42 Å². The van der Waals surface area contributed by atoms with Crippen molar-refractivity contribution >= 4 is 22.6 Å². The maximum atomic E-state index is 5.82. The van der Waals surface area contributed by atoms with E-state index in [1.165, 1.54) is 5.56 Å². The minimum atomic E-state index is 0.206. The lowest BCUT2D eigenvalue weighted by Gasteiger charge is -2.49. The monoisotopic (exact) mass is 384 g/mol. The maximum Gasteiger partial charge on any atom is 0.201 e. The van der Waals surface area contributed by atoms with Gasteiger partial charge in [0.05, 0.1) is 12.1 Å². The van der Waals surface area contributed by atoms with Gasteiger partial charge in [-0.05, 0) is 32.6 Å². The second kappa shape index (κ2) is 8.05. The lowest BCUT2D eigenvalue weighted by atomic mass is 10.0. The topological polar surface area (TPSA) is 0 Å². The van der Waals surface area contributed by atoms with Gasteiger partial charge in [0.25, 0.3) is 0 Å². The van der Waals surface area contributed by atoms with Crippen molar-refractivity contribution in [3.63, 3.8) is 0 Å². The first-order valence-corrected chi connectivity index (χ1v) is 8.78. The van der Waals surface area contributed by atoms with Crippen LogP contribution in [-0.4, -0.2) is 20.6 Å². The van der Waals surface area contributed by atoms with E-state index in [9.17, 15) is 0 Å². The molecule has 1 rings (SSSR count). The standard InChI is InChI=1S/C18H27IN/c1-6-15(4)20(16(5)7-2,18(19)8-3)14-17-12-10-9-11-13-17/h3,9-13,15-16,18H,6-7,14H2,1-2,4-5H3/q+1. The molecule has 3 unspecified atom stereocenters. The van der Waals surface area contributed by atoms with Crippen LogP contribution in [-0.2, 0) is 6.54 Å². The van der Waals surface area contributed by atoms with Crippen molar-refractivity contribution in [1.29, 1.82) is 0 Å². The number of hydrogen-bond donors (Lipinski definition) is 0. The summed E-state index contributed by atoms with van der Waals surface area (Å²) in [7, 11) is 0. The van der Waals surface area contributed by atoms with E-state index in [2.05, 4.69) is 86.5 Å². The van der Waals surface area contributed by atoms with Crippen LogP contribution in [0.5, 0.6) is 0 Å². The van der Waals surface area contributed by atoms with E-state index in [4.69, 9.17) is 6.42 Å². The van der Waals surface area contributed by atoms with Crippen LogP contribution in [0.1, 0.15) is 46.1 Å². The molecule has 1 aromatic carbocycles. The smallest absolute Gasteiger partial charge is 0.201 e. The molecule has 0 radical (unpaired) electrons. The highest BCUT2D eigenvalue weighted by Crippen LogP contribution is 2.34. The number of rotatable bonds is 7. The predicted octanol–water partition coefficient (Wildman–Crippen LogP) is 4.99. The van der Waals surface area contributed by atoms with Crippen molar-refractivity contribution in [1.82, 2.24) is 0 Å². The summed E-state index contributed by atoms with van der Waals surface area (Å²) in [5.74, 6) is 3.02. The molecule has 0 aromatic heterocycles. The highest BCUT2D eigenvalue weighted by atomic mass is 127. The van der Waals surface area contributed by atoms with Crippen molar-refractivity contribution in [2.45, 2.75) is 63.2 Å². The van der Waals surface area contributed by atoms with E-state index < -0.39 is 0 Å². The Morgan fingerprint density at radius 3 is 2.00 bits per heavy atom. The molecule has 0 saturated heterocycles. The minimum absolute atomic E-state index is 0.206. The van der Waals surface area contributed by atoms with Crippen LogP contribution in [0.2, 0.25) is 0 Å². The molecule has 0 aliphatic carbocycles. The average molecular weight is 384 g/mol. The van der Waals surface area contributed by atoms with Gasteiger partial charge in [0.2, 0.25) is 4.05 Å². The predicted molar refractivity (Wildman–Crippen MR) is 96.6 cm³/mol. The highest BCUT2D eigenvalue weighted by molar-refractivity contribution is 14.1. The molecular weight excluding hydrogens is 357 g/mol. The Hall–Kier alpha value is -0.530. The molecule has 2 heteroatoms. The van der Waals surface area contributed by atoms with Crippen LogP contribution in [0.4, 0.5) is 0 Å². The molecule has 0 aliphatic heterocycles. The number of terminal acetylenes is 1. The molecule has 1 nitrogen and oxygen atoms in total. The molecule has 0 bridgehead atoms. The Morgan fingerprint density at radius 1 is 1.10 bits per heavy atom. The van der Waals surface area contributed by atoms with Gasteiger partial charge in [-0.1, -0.05) is 44.2 Å². The van der Waals surface area contributed by atoms with E-state index in [-0.39, 0.29) is 4.05 Å². The fourth-order valence-corrected chi connectivity index (χ4v) is 4.29. The summed E-state index contributed by atoms with van der Waals surface area (Å²) in [5.41, 5.74) is 1.38. The zero-order chi connectivity index (χ0) is 15.2. The van der Waals surface area contributed by atoms with E-state index in [0.29, 0.717) is 12.1 Å². The van der Waals surface area contributed by atoms with Crippen molar-refractivity contribution < 1.29 is 4.48 Å². The van der Waals surface area contributed by atoms with Gasteiger partial charge >= 0.3 is 0 Å². The number of quaternary nitrogens is 1. The molecule has 110 valence electrons. The Bertz CT molecular complexity index is 424. The minimum Gasteiger partial charge on any atom is -0.295 e. The molecular formula is C18H27IN+. The normalized spacial score (nSPS) is 18.6. The van der Waals surface area contributed by atoms with E-state index >= 15 is 0 Å². The summed E-state index contributed by atoms with van der Waals surface area (Å²) in [4.78, 5) is 0. The van der Waals surface area contributed by atoms with Gasteiger partial charge in [-0.2, -0.15) is 0 Å². The van der Waals surface area contributed by atoms with Gasteiger partial charge in [0, 0.05) is 28.2 Å². The van der Waals surface area contributed by atoms with Crippen LogP contribution >= 0.6 is 22.6 Å². The molecule has 3 atom stereocenters. The zero-order valence-corrected chi connectivity index (χ0v) is 15.3. The van der Waals surface area contributed by atoms with Crippen LogP contribution < -0.4 is 0 Å². The molecule has 0 heterocycles. The summed E-state index contributed by atoms with van der Waals surface area (Å²) in [6, 6.07) is 11.9. The van der Waals surface area contributed by atoms with E-state index in [1.54, 1.807) is 0 Å². The van der Waals surface area contributed by atoms with Gasteiger partial charge in [-0.25, -0.2) is 0 Å². The third kappa shape index (κ3) is 3.56. The van der Waals surface area contributed by atoms with E-state index in [0.717, 1.165) is 23.9 Å². The molecule has 0 spiro atoms. The van der Waals surface area contributed by atoms with Crippen molar-refractivity contribution in [3.8, 4) is 12.3 Å². The fraction of sp³-hybridized carbons (Fsp3) is 0.556. The first-order valence-electron chi connectivity index (χ1n) is 7.54.